The molecular formula is C15H29N3O. The van der Waals surface area contributed by atoms with Gasteiger partial charge in [0.05, 0.1) is 6.04 Å². The van der Waals surface area contributed by atoms with E-state index in [0.29, 0.717) is 6.04 Å². The van der Waals surface area contributed by atoms with E-state index in [9.17, 15) is 4.79 Å². The average molecular weight is 267 g/mol. The maximum atomic E-state index is 12.5. The second-order valence-corrected chi connectivity index (χ2v) is 7.17. The smallest absolute Gasteiger partial charge is 0.240 e. The molecule has 110 valence electrons. The number of nitrogens with two attached hydrogens (primary N) is 1. The van der Waals surface area contributed by atoms with Crippen LogP contribution in [0, 0.1) is 5.41 Å². The normalized spacial score (nSPS) is 27.6. The summed E-state index contributed by atoms with van der Waals surface area (Å²) in [6.07, 6.45) is 4.97. The number of carbonyl (C=O) groups excluding carboxylic acids is 1. The summed E-state index contributed by atoms with van der Waals surface area (Å²) in [5, 5.41) is 0. The number of nitrogens with zero attached hydrogens (tertiary/aromatic N) is 2. The van der Waals surface area contributed by atoms with Crippen molar-refractivity contribution >= 4 is 5.91 Å². The van der Waals surface area contributed by atoms with E-state index in [0.717, 1.165) is 19.5 Å². The number of hydrogen-bond acceptors (Lipinski definition) is 3. The Bertz CT molecular complexity index is 318. The van der Waals surface area contributed by atoms with Crippen molar-refractivity contribution in [1.29, 1.82) is 0 Å². The molecule has 4 nitrogen and oxygen atoms in total. The minimum absolute atomic E-state index is 0.136. The molecule has 2 saturated heterocycles. The van der Waals surface area contributed by atoms with E-state index in [2.05, 4.69) is 4.90 Å². The highest BCUT2D eigenvalue weighted by Gasteiger charge is 2.35. The van der Waals surface area contributed by atoms with E-state index in [-0.39, 0.29) is 17.4 Å². The number of piperidine rings is 1. The largest absolute Gasteiger partial charge is 0.340 e. The van der Waals surface area contributed by atoms with Crippen LogP contribution in [-0.4, -0.2) is 54.0 Å². The van der Waals surface area contributed by atoms with E-state index in [1.165, 1.54) is 32.4 Å². The van der Waals surface area contributed by atoms with Crippen molar-refractivity contribution in [2.45, 2.75) is 58.5 Å². The number of likely N-dealkylation sites (tertiary alicyclic amines) is 2. The van der Waals surface area contributed by atoms with Gasteiger partial charge in [-0.2, -0.15) is 0 Å². The fraction of sp³-hybridized carbons (Fsp3) is 0.933. The zero-order valence-electron chi connectivity index (χ0n) is 12.7. The number of hydrogen-bond donors (Lipinski definition) is 1. The van der Waals surface area contributed by atoms with Crippen LogP contribution >= 0.6 is 0 Å². The lowest BCUT2D eigenvalue weighted by Gasteiger charge is -2.40. The van der Waals surface area contributed by atoms with Crippen molar-refractivity contribution in [2.24, 2.45) is 11.1 Å². The monoisotopic (exact) mass is 267 g/mol. The summed E-state index contributed by atoms with van der Waals surface area (Å²) in [4.78, 5) is 17.0. The van der Waals surface area contributed by atoms with Gasteiger partial charge in [0.25, 0.3) is 0 Å². The van der Waals surface area contributed by atoms with Crippen molar-refractivity contribution in [1.82, 2.24) is 9.80 Å². The maximum Gasteiger partial charge on any atom is 0.240 e. The topological polar surface area (TPSA) is 49.6 Å². The third-order valence-electron chi connectivity index (χ3n) is 4.56. The van der Waals surface area contributed by atoms with Gasteiger partial charge >= 0.3 is 0 Å². The van der Waals surface area contributed by atoms with E-state index < -0.39 is 0 Å². The summed E-state index contributed by atoms with van der Waals surface area (Å²) in [6, 6.07) is 0.178. The van der Waals surface area contributed by atoms with Gasteiger partial charge in [0.2, 0.25) is 5.91 Å². The fourth-order valence-corrected chi connectivity index (χ4v) is 3.13. The van der Waals surface area contributed by atoms with Gasteiger partial charge in [-0.15, -0.1) is 0 Å². The number of carbonyl (C=O) groups is 1. The summed E-state index contributed by atoms with van der Waals surface area (Å²) in [7, 11) is 0. The van der Waals surface area contributed by atoms with Crippen LogP contribution < -0.4 is 5.73 Å². The molecule has 0 aromatic carbocycles. The Labute approximate surface area is 117 Å². The molecule has 2 atom stereocenters. The first-order chi connectivity index (χ1) is 8.89. The Morgan fingerprint density at radius 3 is 2.37 bits per heavy atom. The van der Waals surface area contributed by atoms with E-state index in [1.54, 1.807) is 0 Å². The Kier molecular flexibility index (Phi) is 4.51. The third kappa shape index (κ3) is 3.48. The standard InChI is InChI=1S/C15H29N3O/c1-15(2,3)13(16)14(19)18-10-6-7-12(11-18)17-8-4-5-9-17/h12-13H,4-11,16H2,1-3H3. The molecule has 4 heteroatoms. The van der Waals surface area contributed by atoms with Crippen LogP contribution in [0.15, 0.2) is 0 Å². The Balaban J connectivity index is 1.95. The lowest BCUT2D eigenvalue weighted by atomic mass is 9.86. The fourth-order valence-electron chi connectivity index (χ4n) is 3.13. The molecule has 0 bridgehead atoms. The quantitative estimate of drug-likeness (QED) is 0.824. The molecule has 2 N–H and O–H groups in total. The van der Waals surface area contributed by atoms with Crippen LogP contribution in [-0.2, 0) is 4.79 Å². The van der Waals surface area contributed by atoms with Crippen LogP contribution in [0.25, 0.3) is 0 Å². The predicted molar refractivity (Wildman–Crippen MR) is 77.8 cm³/mol. The number of amides is 1. The Morgan fingerprint density at radius 1 is 1.16 bits per heavy atom. The molecule has 19 heavy (non-hydrogen) atoms. The molecule has 1 amide bonds. The molecule has 2 aliphatic heterocycles. The molecule has 2 fully saturated rings. The molecule has 2 aliphatic rings. The minimum Gasteiger partial charge on any atom is -0.340 e. The van der Waals surface area contributed by atoms with Crippen LogP contribution in [0.2, 0.25) is 0 Å². The van der Waals surface area contributed by atoms with Crippen molar-refractivity contribution in [3.63, 3.8) is 0 Å². The highest BCUT2D eigenvalue weighted by atomic mass is 16.2. The molecule has 0 saturated carbocycles. The van der Waals surface area contributed by atoms with Gasteiger partial charge in [0.1, 0.15) is 0 Å². The summed E-state index contributed by atoms with van der Waals surface area (Å²) >= 11 is 0. The second-order valence-electron chi connectivity index (χ2n) is 7.17. The molecule has 2 heterocycles. The molecule has 2 rings (SSSR count). The van der Waals surface area contributed by atoms with Gasteiger partial charge in [-0.3, -0.25) is 9.69 Å². The molecule has 0 radical (unpaired) electrons. The zero-order chi connectivity index (χ0) is 14.0. The van der Waals surface area contributed by atoms with Gasteiger partial charge in [0, 0.05) is 19.1 Å². The third-order valence-corrected chi connectivity index (χ3v) is 4.56. The van der Waals surface area contributed by atoms with Crippen LogP contribution in [0.5, 0.6) is 0 Å². The van der Waals surface area contributed by atoms with Crippen molar-refractivity contribution in [3.05, 3.63) is 0 Å². The first-order valence-electron chi connectivity index (χ1n) is 7.68. The second kappa shape index (κ2) is 5.80. The summed E-state index contributed by atoms with van der Waals surface area (Å²) < 4.78 is 0. The van der Waals surface area contributed by atoms with Gasteiger partial charge < -0.3 is 10.6 Å². The van der Waals surface area contributed by atoms with Crippen LogP contribution in [0.4, 0.5) is 0 Å². The summed E-state index contributed by atoms with van der Waals surface area (Å²) in [5.74, 6) is 0.136. The Morgan fingerprint density at radius 2 is 1.79 bits per heavy atom. The first-order valence-corrected chi connectivity index (χ1v) is 7.68. The van der Waals surface area contributed by atoms with Crippen molar-refractivity contribution < 1.29 is 4.79 Å². The van der Waals surface area contributed by atoms with E-state index >= 15 is 0 Å². The molecule has 0 aromatic heterocycles. The lowest BCUT2D eigenvalue weighted by molar-refractivity contribution is -0.137. The highest BCUT2D eigenvalue weighted by molar-refractivity contribution is 5.82. The number of rotatable bonds is 2. The van der Waals surface area contributed by atoms with Gasteiger partial charge in [-0.25, -0.2) is 0 Å². The SMILES string of the molecule is CC(C)(C)C(N)C(=O)N1CCCC(N2CCCC2)C1. The first kappa shape index (κ1) is 14.8. The maximum absolute atomic E-state index is 12.5. The zero-order valence-corrected chi connectivity index (χ0v) is 12.7. The van der Waals surface area contributed by atoms with Crippen LogP contribution in [0.3, 0.4) is 0 Å². The molecule has 2 unspecified atom stereocenters. The van der Waals surface area contributed by atoms with Crippen molar-refractivity contribution in [3.8, 4) is 0 Å². The molecule has 0 spiro atoms. The van der Waals surface area contributed by atoms with E-state index in [1.807, 2.05) is 25.7 Å². The highest BCUT2D eigenvalue weighted by Crippen LogP contribution is 2.24. The van der Waals surface area contributed by atoms with Crippen LogP contribution in [0.1, 0.15) is 46.5 Å². The van der Waals surface area contributed by atoms with Crippen molar-refractivity contribution in [2.75, 3.05) is 26.2 Å². The molecule has 0 aromatic rings. The molecular weight excluding hydrogens is 238 g/mol. The predicted octanol–water partition coefficient (Wildman–Crippen LogP) is 1.45. The van der Waals surface area contributed by atoms with E-state index in [4.69, 9.17) is 5.73 Å². The minimum atomic E-state index is -0.384. The average Bonchev–Trinajstić information content (AvgIpc) is 2.90. The summed E-state index contributed by atoms with van der Waals surface area (Å²) in [5.41, 5.74) is 5.96. The summed E-state index contributed by atoms with van der Waals surface area (Å²) in [6.45, 7) is 10.3. The lowest BCUT2D eigenvalue weighted by Crippen LogP contribution is -2.56. The Hall–Kier alpha value is -0.610. The van der Waals surface area contributed by atoms with Gasteiger partial charge in [-0.1, -0.05) is 20.8 Å². The van der Waals surface area contributed by atoms with Gasteiger partial charge in [0.15, 0.2) is 0 Å². The molecule has 0 aliphatic carbocycles. The van der Waals surface area contributed by atoms with Gasteiger partial charge in [-0.05, 0) is 44.2 Å².